The first-order valence-corrected chi connectivity index (χ1v) is 5.63. The summed E-state index contributed by atoms with van der Waals surface area (Å²) in [5.74, 6) is 0.938. The number of thioether (sulfide) groups is 1. The molecule has 0 aliphatic carbocycles. The van der Waals surface area contributed by atoms with Gasteiger partial charge in [0.25, 0.3) is 9.05 Å². The molecule has 9 heavy (non-hydrogen) atoms. The van der Waals surface area contributed by atoms with Crippen molar-refractivity contribution in [3.05, 3.63) is 0 Å². The zero-order valence-corrected chi connectivity index (χ0v) is 6.76. The van der Waals surface area contributed by atoms with Gasteiger partial charge in [0.15, 0.2) is 5.04 Å². The second-order valence-corrected chi connectivity index (χ2v) is 4.99. The van der Waals surface area contributed by atoms with Crippen LogP contribution in [0.15, 0.2) is 4.99 Å². The summed E-state index contributed by atoms with van der Waals surface area (Å²) in [6.45, 7) is 0. The third-order valence-corrected chi connectivity index (χ3v) is 3.18. The van der Waals surface area contributed by atoms with Crippen molar-refractivity contribution in [2.75, 3.05) is 11.6 Å². The Labute approximate surface area is 61.9 Å². The Kier molecular flexibility index (Phi) is 2.03. The smallest absolute Gasteiger partial charge is 0.265 e. The minimum absolute atomic E-state index is 0.106. The summed E-state index contributed by atoms with van der Waals surface area (Å²) in [6, 6.07) is 0. The van der Waals surface area contributed by atoms with Crippen LogP contribution in [0.3, 0.4) is 0 Å². The number of hydrogen-bond donors (Lipinski definition) is 0. The summed E-state index contributed by atoms with van der Waals surface area (Å²) in [4.78, 5) is 3.67. The minimum atomic E-state index is -3.50. The number of hydrogen-bond acceptors (Lipinski definition) is 4. The Balaban J connectivity index is 2.87. The van der Waals surface area contributed by atoms with Crippen LogP contribution in [0.4, 0.5) is 0 Å². The van der Waals surface area contributed by atoms with Crippen molar-refractivity contribution in [3.63, 3.8) is 0 Å². The maximum atomic E-state index is 10.5. The molecule has 1 heterocycles. The van der Waals surface area contributed by atoms with Crippen LogP contribution in [0, 0.1) is 0 Å². The molecule has 0 unspecified atom stereocenters. The van der Waals surface area contributed by atoms with E-state index in [0.29, 0.717) is 11.6 Å². The summed E-state index contributed by atoms with van der Waals surface area (Å²) in [5, 5.41) is 0.106. The van der Waals surface area contributed by atoms with Crippen LogP contribution in [0.5, 0.6) is 0 Å². The van der Waals surface area contributed by atoms with E-state index in [9.17, 15) is 8.42 Å². The second kappa shape index (κ2) is 2.48. The Morgan fingerprint density at radius 3 is 2.56 bits per heavy atom. The predicted molar refractivity (Wildman–Crippen MR) is 39.5 cm³/mol. The molecule has 0 aromatic heterocycles. The van der Waals surface area contributed by atoms with E-state index in [2.05, 4.69) is 4.99 Å². The van der Waals surface area contributed by atoms with E-state index < -0.39 is 9.05 Å². The van der Waals surface area contributed by atoms with Crippen LogP contribution in [0.25, 0.3) is 0 Å². The van der Waals surface area contributed by atoms with Gasteiger partial charge >= 0.3 is 0 Å². The predicted octanol–water partition coefficient (Wildman–Crippen LogP) is 0.658. The van der Waals surface area contributed by atoms with Gasteiger partial charge in [0.05, 0.1) is 5.88 Å². The largest absolute Gasteiger partial charge is 0.275 e. The first-order chi connectivity index (χ1) is 4.11. The number of nitrogens with zero attached hydrogens (tertiary/aromatic N) is 1. The lowest BCUT2D eigenvalue weighted by Gasteiger charge is -1.87. The molecule has 0 saturated carbocycles. The third kappa shape index (κ3) is 1.84. The fourth-order valence-electron chi connectivity index (χ4n) is 0.444. The van der Waals surface area contributed by atoms with Gasteiger partial charge in [0, 0.05) is 16.4 Å². The molecule has 0 atom stereocenters. The van der Waals surface area contributed by atoms with E-state index >= 15 is 0 Å². The van der Waals surface area contributed by atoms with Gasteiger partial charge in [-0.1, -0.05) is 0 Å². The molecular formula is C3H4ClNO2S2. The van der Waals surface area contributed by atoms with Gasteiger partial charge in [-0.3, -0.25) is 4.99 Å². The van der Waals surface area contributed by atoms with Gasteiger partial charge in [-0.25, -0.2) is 8.42 Å². The number of halogens is 1. The summed E-state index contributed by atoms with van der Waals surface area (Å²) < 4.78 is 20.9. The molecule has 0 saturated heterocycles. The summed E-state index contributed by atoms with van der Waals surface area (Å²) in [5.41, 5.74) is 0. The molecule has 52 valence electrons. The monoisotopic (exact) mass is 185 g/mol. The quantitative estimate of drug-likeness (QED) is 0.521. The average Bonchev–Trinajstić information content (AvgIpc) is 2.08. The topological polar surface area (TPSA) is 46.5 Å². The first-order valence-electron chi connectivity index (χ1n) is 2.16. The van der Waals surface area contributed by atoms with Crippen molar-refractivity contribution in [1.29, 1.82) is 0 Å². The van der Waals surface area contributed by atoms with E-state index in [0.717, 1.165) is 0 Å². The standard InChI is InChI=1S/C3H4ClNO2S2/c4-9(6,7)3-1-8-2-5-3/h1-2H2. The molecule has 0 amide bonds. The van der Waals surface area contributed by atoms with Gasteiger partial charge < -0.3 is 0 Å². The van der Waals surface area contributed by atoms with Gasteiger partial charge in [-0.05, 0) is 0 Å². The highest BCUT2D eigenvalue weighted by Gasteiger charge is 2.19. The van der Waals surface area contributed by atoms with Crippen molar-refractivity contribution in [2.24, 2.45) is 4.99 Å². The first kappa shape index (κ1) is 7.37. The Morgan fingerprint density at radius 1 is 1.67 bits per heavy atom. The average molecular weight is 186 g/mol. The minimum Gasteiger partial charge on any atom is -0.265 e. The van der Waals surface area contributed by atoms with Crippen molar-refractivity contribution >= 4 is 36.5 Å². The van der Waals surface area contributed by atoms with E-state index in [1.165, 1.54) is 11.8 Å². The third-order valence-electron chi connectivity index (χ3n) is 0.839. The zero-order chi connectivity index (χ0) is 6.91. The van der Waals surface area contributed by atoms with Gasteiger partial charge in [-0.15, -0.1) is 11.8 Å². The number of rotatable bonds is 0. The molecule has 1 aliphatic rings. The van der Waals surface area contributed by atoms with E-state index in [1.54, 1.807) is 0 Å². The molecule has 0 fully saturated rings. The van der Waals surface area contributed by atoms with Crippen LogP contribution in [-0.2, 0) is 9.05 Å². The lowest BCUT2D eigenvalue weighted by molar-refractivity contribution is 0.619. The molecule has 1 aliphatic heterocycles. The van der Waals surface area contributed by atoms with Crippen molar-refractivity contribution in [2.45, 2.75) is 0 Å². The summed E-state index contributed by atoms with van der Waals surface area (Å²) in [7, 11) is 1.47. The molecule has 0 spiro atoms. The highest BCUT2D eigenvalue weighted by atomic mass is 35.7. The van der Waals surface area contributed by atoms with Crippen molar-refractivity contribution < 1.29 is 8.42 Å². The van der Waals surface area contributed by atoms with Crippen molar-refractivity contribution in [1.82, 2.24) is 0 Å². The van der Waals surface area contributed by atoms with Crippen LogP contribution < -0.4 is 0 Å². The Hall–Kier alpha value is 0.260. The van der Waals surface area contributed by atoms with Gasteiger partial charge in [0.1, 0.15) is 0 Å². The number of aliphatic imine (C=N–C) groups is 1. The lowest BCUT2D eigenvalue weighted by atomic mass is 10.9. The highest BCUT2D eigenvalue weighted by molar-refractivity contribution is 8.27. The van der Waals surface area contributed by atoms with Crippen LogP contribution in [-0.4, -0.2) is 25.1 Å². The molecule has 0 radical (unpaired) electrons. The zero-order valence-electron chi connectivity index (χ0n) is 4.37. The van der Waals surface area contributed by atoms with Gasteiger partial charge in [0.2, 0.25) is 0 Å². The van der Waals surface area contributed by atoms with E-state index in [4.69, 9.17) is 10.7 Å². The molecule has 0 aromatic rings. The molecule has 0 N–H and O–H groups in total. The van der Waals surface area contributed by atoms with Crippen LogP contribution in [0.1, 0.15) is 0 Å². The molecule has 0 bridgehead atoms. The molecular weight excluding hydrogens is 182 g/mol. The van der Waals surface area contributed by atoms with Crippen LogP contribution in [0.2, 0.25) is 0 Å². The Morgan fingerprint density at radius 2 is 2.33 bits per heavy atom. The maximum Gasteiger partial charge on any atom is 0.275 e. The lowest BCUT2D eigenvalue weighted by Crippen LogP contribution is -2.06. The molecule has 3 nitrogen and oxygen atoms in total. The maximum absolute atomic E-state index is 10.5. The molecule has 1 rings (SSSR count). The fourth-order valence-corrected chi connectivity index (χ4v) is 2.71. The van der Waals surface area contributed by atoms with Crippen LogP contribution >= 0.6 is 22.4 Å². The SMILES string of the molecule is O=S(=O)(Cl)C1=NCSC1. The summed E-state index contributed by atoms with van der Waals surface area (Å²) in [6.07, 6.45) is 0. The summed E-state index contributed by atoms with van der Waals surface area (Å²) >= 11 is 1.44. The Bertz CT molecular complexity index is 232. The van der Waals surface area contributed by atoms with E-state index in [-0.39, 0.29) is 5.04 Å². The van der Waals surface area contributed by atoms with Crippen molar-refractivity contribution in [3.8, 4) is 0 Å². The molecule has 6 heteroatoms. The highest BCUT2D eigenvalue weighted by Crippen LogP contribution is 2.15. The molecule has 0 aromatic carbocycles. The second-order valence-electron chi connectivity index (χ2n) is 1.47. The fraction of sp³-hybridized carbons (Fsp3) is 0.667. The van der Waals surface area contributed by atoms with E-state index in [1.807, 2.05) is 0 Å². The van der Waals surface area contributed by atoms with Gasteiger partial charge in [-0.2, -0.15) is 0 Å². The normalized spacial score (nSPS) is 19.9.